The standard InChI is InChI=1S/C13H9NO3.C9H7NO2/c15-13(10-6-2-1-3-7-10)11-8-4-5-9-12(11)14(16)17;1-10-8(11)6-4-2-3-5-7(6)9(10)12/h1-9H;2-5H,1H3. The first-order chi connectivity index (χ1) is 13.9. The Morgan fingerprint density at radius 1 is 0.793 bits per heavy atom. The van der Waals surface area contributed by atoms with E-state index in [1.807, 2.05) is 0 Å². The highest BCUT2D eigenvalue weighted by atomic mass is 16.6. The van der Waals surface area contributed by atoms with Crippen LogP contribution in [0.25, 0.3) is 0 Å². The molecule has 0 atom stereocenters. The summed E-state index contributed by atoms with van der Waals surface area (Å²) < 4.78 is 0. The van der Waals surface area contributed by atoms with Crippen LogP contribution in [0.15, 0.2) is 78.9 Å². The number of imide groups is 1. The number of hydrogen-bond donors (Lipinski definition) is 0. The molecule has 0 spiro atoms. The maximum atomic E-state index is 12.1. The van der Waals surface area contributed by atoms with E-state index in [0.29, 0.717) is 16.7 Å². The van der Waals surface area contributed by atoms with Gasteiger partial charge in [-0.25, -0.2) is 0 Å². The first kappa shape index (κ1) is 19.6. The van der Waals surface area contributed by atoms with Crippen molar-refractivity contribution in [2.45, 2.75) is 0 Å². The summed E-state index contributed by atoms with van der Waals surface area (Å²) in [6.45, 7) is 0. The van der Waals surface area contributed by atoms with Gasteiger partial charge in [-0.2, -0.15) is 0 Å². The Bertz CT molecular complexity index is 1070. The zero-order chi connectivity index (χ0) is 21.0. The van der Waals surface area contributed by atoms with Gasteiger partial charge in [0.15, 0.2) is 5.78 Å². The van der Waals surface area contributed by atoms with Crippen molar-refractivity contribution in [2.24, 2.45) is 0 Å². The topological polar surface area (TPSA) is 97.6 Å². The molecule has 0 saturated carbocycles. The van der Waals surface area contributed by atoms with Gasteiger partial charge in [-0.15, -0.1) is 0 Å². The Kier molecular flexibility index (Phi) is 5.59. The molecule has 7 nitrogen and oxygen atoms in total. The van der Waals surface area contributed by atoms with E-state index in [9.17, 15) is 24.5 Å². The van der Waals surface area contributed by atoms with Crippen molar-refractivity contribution in [2.75, 3.05) is 7.05 Å². The molecule has 1 aliphatic rings. The third kappa shape index (κ3) is 3.93. The highest BCUT2D eigenvalue weighted by Gasteiger charge is 2.31. The second kappa shape index (κ2) is 8.26. The summed E-state index contributed by atoms with van der Waals surface area (Å²) in [4.78, 5) is 46.1. The fraction of sp³-hybridized carbons (Fsp3) is 0.0455. The lowest BCUT2D eigenvalue weighted by Gasteiger charge is -2.02. The molecule has 7 heteroatoms. The predicted octanol–water partition coefficient (Wildman–Crippen LogP) is 3.74. The average Bonchev–Trinajstić information content (AvgIpc) is 2.98. The second-order valence-corrected chi connectivity index (χ2v) is 6.18. The fourth-order valence-corrected chi connectivity index (χ4v) is 2.88. The third-order valence-corrected chi connectivity index (χ3v) is 4.38. The molecule has 2 amide bonds. The van der Waals surface area contributed by atoms with Crippen LogP contribution in [0.4, 0.5) is 5.69 Å². The molecule has 1 aliphatic heterocycles. The lowest BCUT2D eigenvalue weighted by atomic mass is 10.0. The number of para-hydroxylation sites is 1. The number of nitrogens with zero attached hydrogens (tertiary/aromatic N) is 2. The molecule has 0 fully saturated rings. The van der Waals surface area contributed by atoms with Gasteiger partial charge in [0.05, 0.1) is 16.1 Å². The number of carbonyl (C=O) groups is 3. The monoisotopic (exact) mass is 388 g/mol. The summed E-state index contributed by atoms with van der Waals surface area (Å²) in [6, 6.07) is 21.3. The van der Waals surface area contributed by atoms with Crippen molar-refractivity contribution in [1.29, 1.82) is 0 Å². The van der Waals surface area contributed by atoms with Crippen molar-refractivity contribution in [3.63, 3.8) is 0 Å². The molecule has 0 radical (unpaired) electrons. The van der Waals surface area contributed by atoms with Gasteiger partial charge in [-0.05, 0) is 18.2 Å². The molecule has 0 bridgehead atoms. The van der Waals surface area contributed by atoms with Gasteiger partial charge in [-0.3, -0.25) is 29.4 Å². The lowest BCUT2D eigenvalue weighted by molar-refractivity contribution is -0.385. The normalized spacial score (nSPS) is 12.1. The quantitative estimate of drug-likeness (QED) is 0.295. The molecule has 0 N–H and O–H groups in total. The summed E-state index contributed by atoms with van der Waals surface area (Å²) in [5.41, 5.74) is 1.40. The Labute approximate surface area is 166 Å². The molecule has 0 unspecified atom stereocenters. The van der Waals surface area contributed by atoms with Crippen molar-refractivity contribution in [1.82, 2.24) is 4.90 Å². The number of amides is 2. The average molecular weight is 388 g/mol. The van der Waals surface area contributed by atoms with Crippen molar-refractivity contribution >= 4 is 23.3 Å². The molecule has 144 valence electrons. The van der Waals surface area contributed by atoms with Gasteiger partial charge in [0.2, 0.25) is 0 Å². The molecule has 4 rings (SSSR count). The minimum Gasteiger partial charge on any atom is -0.288 e. The molecule has 29 heavy (non-hydrogen) atoms. The molecule has 3 aromatic carbocycles. The highest BCUT2D eigenvalue weighted by molar-refractivity contribution is 6.21. The van der Waals surface area contributed by atoms with Gasteiger partial charge < -0.3 is 0 Å². The first-order valence-electron chi connectivity index (χ1n) is 8.66. The van der Waals surface area contributed by atoms with E-state index >= 15 is 0 Å². The SMILES string of the molecule is CN1C(=O)c2ccccc2C1=O.O=C(c1ccccc1)c1ccccc1[N+](=O)[O-]. The van der Waals surface area contributed by atoms with Crippen LogP contribution in [0.2, 0.25) is 0 Å². The van der Waals surface area contributed by atoms with Crippen LogP contribution < -0.4 is 0 Å². The van der Waals surface area contributed by atoms with Crippen LogP contribution >= 0.6 is 0 Å². The minimum absolute atomic E-state index is 0.115. The summed E-state index contributed by atoms with van der Waals surface area (Å²) in [7, 11) is 1.49. The van der Waals surface area contributed by atoms with Crippen LogP contribution in [-0.2, 0) is 0 Å². The van der Waals surface area contributed by atoms with Crippen LogP contribution in [0.5, 0.6) is 0 Å². The zero-order valence-corrected chi connectivity index (χ0v) is 15.4. The fourth-order valence-electron chi connectivity index (χ4n) is 2.88. The number of hydrogen-bond acceptors (Lipinski definition) is 5. The van der Waals surface area contributed by atoms with Crippen LogP contribution in [0, 0.1) is 10.1 Å². The van der Waals surface area contributed by atoms with Crippen LogP contribution in [0.3, 0.4) is 0 Å². The molecule has 3 aromatic rings. The summed E-state index contributed by atoms with van der Waals surface area (Å²) in [5.74, 6) is -0.760. The number of ketones is 1. The van der Waals surface area contributed by atoms with E-state index in [2.05, 4.69) is 0 Å². The van der Waals surface area contributed by atoms with E-state index in [1.165, 1.54) is 19.2 Å². The summed E-state index contributed by atoms with van der Waals surface area (Å²) in [5, 5.41) is 10.8. The molecule has 1 heterocycles. The summed E-state index contributed by atoms with van der Waals surface area (Å²) >= 11 is 0. The van der Waals surface area contributed by atoms with Gasteiger partial charge in [0, 0.05) is 18.7 Å². The lowest BCUT2D eigenvalue weighted by Crippen LogP contribution is -2.24. The molecule has 0 aromatic heterocycles. The largest absolute Gasteiger partial charge is 0.288 e. The van der Waals surface area contributed by atoms with Crippen molar-refractivity contribution < 1.29 is 19.3 Å². The number of rotatable bonds is 3. The Morgan fingerprint density at radius 2 is 1.28 bits per heavy atom. The Morgan fingerprint density at radius 3 is 1.83 bits per heavy atom. The second-order valence-electron chi connectivity index (χ2n) is 6.18. The number of benzene rings is 3. The zero-order valence-electron chi connectivity index (χ0n) is 15.4. The molecule has 0 aliphatic carbocycles. The smallest absolute Gasteiger partial charge is 0.280 e. The van der Waals surface area contributed by atoms with E-state index < -0.39 is 4.92 Å². The van der Waals surface area contributed by atoms with Gasteiger partial charge in [0.1, 0.15) is 5.56 Å². The predicted molar refractivity (Wildman–Crippen MR) is 106 cm³/mol. The Hall–Kier alpha value is -4.13. The molecule has 0 saturated heterocycles. The van der Waals surface area contributed by atoms with Gasteiger partial charge in [-0.1, -0.05) is 54.6 Å². The number of carbonyl (C=O) groups excluding carboxylic acids is 3. The van der Waals surface area contributed by atoms with Crippen LogP contribution in [-0.4, -0.2) is 34.5 Å². The van der Waals surface area contributed by atoms with Gasteiger partial charge >= 0.3 is 0 Å². The number of nitro groups is 1. The number of fused-ring (bicyclic) bond motifs is 1. The van der Waals surface area contributed by atoms with E-state index in [4.69, 9.17) is 0 Å². The number of nitro benzene ring substituents is 1. The summed E-state index contributed by atoms with van der Waals surface area (Å²) in [6.07, 6.45) is 0. The minimum atomic E-state index is -0.545. The van der Waals surface area contributed by atoms with E-state index in [0.717, 1.165) is 4.90 Å². The maximum absolute atomic E-state index is 12.1. The van der Waals surface area contributed by atoms with Crippen molar-refractivity contribution in [3.8, 4) is 0 Å². The van der Waals surface area contributed by atoms with Crippen molar-refractivity contribution in [3.05, 3.63) is 111 Å². The third-order valence-electron chi connectivity index (χ3n) is 4.38. The maximum Gasteiger partial charge on any atom is 0.280 e. The van der Waals surface area contributed by atoms with Crippen LogP contribution in [0.1, 0.15) is 36.6 Å². The van der Waals surface area contributed by atoms with E-state index in [-0.39, 0.29) is 28.8 Å². The Balaban J connectivity index is 0.000000176. The first-order valence-corrected chi connectivity index (χ1v) is 8.66. The molecular formula is C22H16N2O5. The molecular weight excluding hydrogens is 372 g/mol. The van der Waals surface area contributed by atoms with E-state index in [1.54, 1.807) is 66.7 Å². The van der Waals surface area contributed by atoms with Gasteiger partial charge in [0.25, 0.3) is 17.5 Å². The highest BCUT2D eigenvalue weighted by Crippen LogP contribution is 2.21.